The monoisotopic (exact) mass is 203 g/mol. The van der Waals surface area contributed by atoms with Crippen LogP contribution >= 0.6 is 24.4 Å². The predicted molar refractivity (Wildman–Crippen MR) is 54.8 cm³/mol. The zero-order valence-corrected chi connectivity index (χ0v) is 8.81. The van der Waals surface area contributed by atoms with Gasteiger partial charge in [-0.1, -0.05) is 11.8 Å². The Morgan fingerprint density at radius 2 is 2.42 bits per heavy atom. The van der Waals surface area contributed by atoms with Crippen LogP contribution in [0.15, 0.2) is 11.5 Å². The Balaban J connectivity index is 2.20. The van der Waals surface area contributed by atoms with Gasteiger partial charge in [-0.25, -0.2) is 0 Å². The lowest BCUT2D eigenvalue weighted by molar-refractivity contribution is 0.785. The Morgan fingerprint density at radius 3 is 3.00 bits per heavy atom. The van der Waals surface area contributed by atoms with E-state index in [-0.39, 0.29) is 0 Å². The second-order valence-corrected chi connectivity index (χ2v) is 4.01. The number of hydrogen-bond acceptors (Lipinski definition) is 4. The Bertz CT molecular complexity index is 224. The molecule has 0 atom stereocenters. The number of hydrogen-bond donors (Lipinski definition) is 1. The largest absolute Gasteiger partial charge is 0.312 e. The van der Waals surface area contributed by atoms with E-state index in [4.69, 9.17) is 0 Å². The molecule has 1 rings (SSSR count). The average Bonchev–Trinajstić information content (AvgIpc) is 2.46. The molecule has 1 aromatic heterocycles. The summed E-state index contributed by atoms with van der Waals surface area (Å²) in [5, 5.41) is 8.76. The molecule has 0 spiro atoms. The second-order valence-electron chi connectivity index (χ2n) is 2.50. The maximum Gasteiger partial charge on any atom is 0.190 e. The first-order valence-electron chi connectivity index (χ1n) is 3.92. The zero-order valence-electron chi connectivity index (χ0n) is 7.10. The molecule has 0 unspecified atom stereocenters. The summed E-state index contributed by atoms with van der Waals surface area (Å²) in [6.07, 6.45) is 4.09. The normalized spacial score (nSPS) is 10.5. The van der Waals surface area contributed by atoms with Crippen LogP contribution in [-0.2, 0) is 7.05 Å². The topological polar surface area (TPSA) is 30.7 Å². The minimum absolute atomic E-state index is 0.972. The first kappa shape index (κ1) is 9.92. The van der Waals surface area contributed by atoms with Crippen molar-refractivity contribution in [3.63, 3.8) is 0 Å². The molecule has 0 aromatic carbocycles. The number of thiol groups is 1. The summed E-state index contributed by atoms with van der Waals surface area (Å²) >= 11 is 5.90. The molecule has 0 saturated heterocycles. The lowest BCUT2D eigenvalue weighted by Gasteiger charge is -1.98. The van der Waals surface area contributed by atoms with Gasteiger partial charge in [-0.2, -0.15) is 12.6 Å². The van der Waals surface area contributed by atoms with Crippen LogP contribution < -0.4 is 0 Å². The van der Waals surface area contributed by atoms with Gasteiger partial charge < -0.3 is 4.57 Å². The van der Waals surface area contributed by atoms with Crippen molar-refractivity contribution >= 4 is 24.4 Å². The smallest absolute Gasteiger partial charge is 0.190 e. The van der Waals surface area contributed by atoms with Crippen molar-refractivity contribution in [3.8, 4) is 0 Å². The fourth-order valence-corrected chi connectivity index (χ4v) is 1.89. The van der Waals surface area contributed by atoms with Crippen molar-refractivity contribution in [1.29, 1.82) is 0 Å². The third kappa shape index (κ3) is 3.06. The van der Waals surface area contributed by atoms with Crippen LogP contribution in [0.5, 0.6) is 0 Å². The van der Waals surface area contributed by atoms with Crippen LogP contribution in [0.2, 0.25) is 0 Å². The number of thioether (sulfide) groups is 1. The molecule has 0 bridgehead atoms. The molecule has 0 aliphatic rings. The molecule has 0 aliphatic carbocycles. The van der Waals surface area contributed by atoms with Crippen LogP contribution in [0.4, 0.5) is 0 Å². The van der Waals surface area contributed by atoms with Gasteiger partial charge in [-0.05, 0) is 18.6 Å². The second kappa shape index (κ2) is 5.48. The maximum absolute atomic E-state index is 4.15. The Hall–Kier alpha value is -0.160. The van der Waals surface area contributed by atoms with Gasteiger partial charge in [0.2, 0.25) is 0 Å². The van der Waals surface area contributed by atoms with Gasteiger partial charge >= 0.3 is 0 Å². The first-order chi connectivity index (χ1) is 5.84. The van der Waals surface area contributed by atoms with Crippen molar-refractivity contribution in [1.82, 2.24) is 14.8 Å². The van der Waals surface area contributed by atoms with E-state index in [1.54, 1.807) is 18.1 Å². The highest BCUT2D eigenvalue weighted by atomic mass is 32.2. The SMILES string of the molecule is Cn1cnnc1SCCCCS. The molecule has 0 aliphatic heterocycles. The quantitative estimate of drug-likeness (QED) is 0.448. The molecule has 5 heteroatoms. The maximum atomic E-state index is 4.15. The molecule has 0 N–H and O–H groups in total. The van der Waals surface area contributed by atoms with Crippen molar-refractivity contribution in [2.45, 2.75) is 18.0 Å². The average molecular weight is 203 g/mol. The van der Waals surface area contributed by atoms with Crippen LogP contribution in [-0.4, -0.2) is 26.3 Å². The van der Waals surface area contributed by atoms with Crippen LogP contribution in [0, 0.1) is 0 Å². The third-order valence-electron chi connectivity index (χ3n) is 1.45. The summed E-state index contributed by atoms with van der Waals surface area (Å²) in [7, 11) is 1.96. The van der Waals surface area contributed by atoms with Crippen LogP contribution in [0.3, 0.4) is 0 Å². The molecular formula is C7H13N3S2. The molecule has 0 fully saturated rings. The van der Waals surface area contributed by atoms with E-state index in [1.165, 1.54) is 12.8 Å². The van der Waals surface area contributed by atoms with E-state index in [0.717, 1.165) is 16.7 Å². The third-order valence-corrected chi connectivity index (χ3v) is 2.89. The van der Waals surface area contributed by atoms with Gasteiger partial charge in [0.05, 0.1) is 0 Å². The summed E-state index contributed by atoms with van der Waals surface area (Å²) in [4.78, 5) is 0. The first-order valence-corrected chi connectivity index (χ1v) is 5.54. The number of nitrogens with zero attached hydrogens (tertiary/aromatic N) is 3. The van der Waals surface area contributed by atoms with Gasteiger partial charge in [-0.3, -0.25) is 0 Å². The minimum atomic E-state index is 0.972. The molecule has 68 valence electrons. The van der Waals surface area contributed by atoms with Gasteiger partial charge in [0, 0.05) is 12.8 Å². The molecule has 12 heavy (non-hydrogen) atoms. The van der Waals surface area contributed by atoms with E-state index in [1.807, 2.05) is 11.6 Å². The van der Waals surface area contributed by atoms with Crippen LogP contribution in [0.1, 0.15) is 12.8 Å². The molecule has 0 saturated carbocycles. The summed E-state index contributed by atoms with van der Waals surface area (Å²) in [6.45, 7) is 0. The Kier molecular flexibility index (Phi) is 4.53. The summed E-state index contributed by atoms with van der Waals surface area (Å²) < 4.78 is 1.94. The van der Waals surface area contributed by atoms with E-state index in [2.05, 4.69) is 22.8 Å². The summed E-state index contributed by atoms with van der Waals surface area (Å²) in [6, 6.07) is 0. The van der Waals surface area contributed by atoms with E-state index < -0.39 is 0 Å². The van der Waals surface area contributed by atoms with Gasteiger partial charge in [0.1, 0.15) is 6.33 Å². The van der Waals surface area contributed by atoms with Gasteiger partial charge in [0.25, 0.3) is 0 Å². The zero-order chi connectivity index (χ0) is 8.81. The molecule has 3 nitrogen and oxygen atoms in total. The lowest BCUT2D eigenvalue weighted by Crippen LogP contribution is -1.90. The van der Waals surface area contributed by atoms with E-state index in [9.17, 15) is 0 Å². The number of unbranched alkanes of at least 4 members (excludes halogenated alkanes) is 1. The number of aromatic nitrogens is 3. The van der Waals surface area contributed by atoms with Crippen molar-refractivity contribution < 1.29 is 0 Å². The van der Waals surface area contributed by atoms with E-state index in [0.29, 0.717) is 0 Å². The van der Waals surface area contributed by atoms with E-state index >= 15 is 0 Å². The standard InChI is InChI=1S/C7H13N3S2/c1-10-6-8-9-7(10)12-5-3-2-4-11/h6,11H,2-5H2,1H3. The van der Waals surface area contributed by atoms with Crippen molar-refractivity contribution in [2.24, 2.45) is 7.05 Å². The molecule has 0 amide bonds. The fraction of sp³-hybridized carbons (Fsp3) is 0.714. The highest BCUT2D eigenvalue weighted by Gasteiger charge is 1.99. The minimum Gasteiger partial charge on any atom is -0.312 e. The van der Waals surface area contributed by atoms with Crippen LogP contribution in [0.25, 0.3) is 0 Å². The summed E-state index contributed by atoms with van der Waals surface area (Å²) in [5.41, 5.74) is 0. The fourth-order valence-electron chi connectivity index (χ4n) is 0.781. The predicted octanol–water partition coefficient (Wildman–Crippen LogP) is 1.62. The number of rotatable bonds is 5. The van der Waals surface area contributed by atoms with Crippen molar-refractivity contribution in [3.05, 3.63) is 6.33 Å². The Labute approximate surface area is 82.4 Å². The Morgan fingerprint density at radius 1 is 1.58 bits per heavy atom. The molecule has 1 heterocycles. The highest BCUT2D eigenvalue weighted by Crippen LogP contribution is 2.14. The molecule has 1 aromatic rings. The van der Waals surface area contributed by atoms with Crippen molar-refractivity contribution in [2.75, 3.05) is 11.5 Å². The molecule has 0 radical (unpaired) electrons. The highest BCUT2D eigenvalue weighted by molar-refractivity contribution is 7.99. The summed E-state index contributed by atoms with van der Waals surface area (Å²) in [5.74, 6) is 2.08. The molecular weight excluding hydrogens is 190 g/mol. The lowest BCUT2D eigenvalue weighted by atomic mass is 10.4. The van der Waals surface area contributed by atoms with Gasteiger partial charge in [-0.15, -0.1) is 10.2 Å². The number of aryl methyl sites for hydroxylation is 1. The van der Waals surface area contributed by atoms with Gasteiger partial charge in [0.15, 0.2) is 5.16 Å².